The second kappa shape index (κ2) is 7.88. The van der Waals surface area contributed by atoms with Crippen LogP contribution in [0.3, 0.4) is 0 Å². The predicted molar refractivity (Wildman–Crippen MR) is 94.8 cm³/mol. The van der Waals surface area contributed by atoms with Crippen molar-refractivity contribution < 1.29 is 9.53 Å². The summed E-state index contributed by atoms with van der Waals surface area (Å²) in [5.74, 6) is -0.107. The molecule has 24 heavy (non-hydrogen) atoms. The number of amides is 1. The van der Waals surface area contributed by atoms with E-state index in [-0.39, 0.29) is 5.91 Å². The maximum atomic E-state index is 12.3. The van der Waals surface area contributed by atoms with Gasteiger partial charge in [-0.05, 0) is 24.8 Å². The number of aryl methyl sites for hydroxylation is 2. The number of carbonyl (C=O) groups excluding carboxylic acids is 1. The monoisotopic (exact) mass is 345 g/mol. The van der Waals surface area contributed by atoms with E-state index in [4.69, 9.17) is 10.5 Å². The van der Waals surface area contributed by atoms with E-state index in [2.05, 4.69) is 34.6 Å². The third kappa shape index (κ3) is 4.41. The summed E-state index contributed by atoms with van der Waals surface area (Å²) in [6.45, 7) is 1.52. The van der Waals surface area contributed by atoms with E-state index >= 15 is 0 Å². The molecule has 2 aromatic rings. The van der Waals surface area contributed by atoms with Gasteiger partial charge < -0.3 is 15.8 Å². The lowest BCUT2D eigenvalue weighted by Crippen LogP contribution is -2.56. The summed E-state index contributed by atoms with van der Waals surface area (Å²) < 4.78 is 5.27. The van der Waals surface area contributed by atoms with E-state index in [1.54, 1.807) is 11.3 Å². The molecule has 6 heteroatoms. The fraction of sp³-hybridized carbons (Fsp3) is 0.444. The lowest BCUT2D eigenvalue weighted by Gasteiger charge is -2.31. The van der Waals surface area contributed by atoms with Gasteiger partial charge in [0, 0.05) is 25.0 Å². The molecule has 1 amide bonds. The highest BCUT2D eigenvalue weighted by molar-refractivity contribution is 7.09. The average molecular weight is 345 g/mol. The number of carbonyl (C=O) groups is 1. The van der Waals surface area contributed by atoms with Gasteiger partial charge in [-0.2, -0.15) is 0 Å². The Balaban J connectivity index is 1.48. The molecule has 3 rings (SSSR count). The van der Waals surface area contributed by atoms with Gasteiger partial charge in [-0.25, -0.2) is 4.98 Å². The molecule has 128 valence electrons. The number of nitrogens with two attached hydrogens (primary N) is 1. The Labute approximate surface area is 146 Å². The van der Waals surface area contributed by atoms with Crippen LogP contribution in [0.1, 0.15) is 29.1 Å². The molecule has 1 saturated heterocycles. The summed E-state index contributed by atoms with van der Waals surface area (Å²) >= 11 is 1.64. The Morgan fingerprint density at radius 3 is 2.75 bits per heavy atom. The molecule has 1 aliphatic rings. The molecule has 1 fully saturated rings. The second-order valence-corrected chi connectivity index (χ2v) is 7.11. The second-order valence-electron chi connectivity index (χ2n) is 6.17. The summed E-state index contributed by atoms with van der Waals surface area (Å²) in [7, 11) is 0. The van der Waals surface area contributed by atoms with Crippen LogP contribution < -0.4 is 11.1 Å². The Hall–Kier alpha value is -1.76. The predicted octanol–water partition coefficient (Wildman–Crippen LogP) is 2.05. The first-order valence-electron chi connectivity index (χ1n) is 8.28. The Morgan fingerprint density at radius 1 is 1.25 bits per heavy atom. The van der Waals surface area contributed by atoms with Crippen molar-refractivity contribution in [1.29, 1.82) is 0 Å². The standard InChI is InChI=1S/C18H23N3O2S/c19-18(8-10-23-11-9-18)17(22)20-12-15-13-24-16(21-15)7-6-14-4-2-1-3-5-14/h1-5,13H,6-12,19H2,(H,20,22). The van der Waals surface area contributed by atoms with Crippen molar-refractivity contribution >= 4 is 17.2 Å². The number of aromatic nitrogens is 1. The topological polar surface area (TPSA) is 77.2 Å². The quantitative estimate of drug-likeness (QED) is 0.840. The van der Waals surface area contributed by atoms with E-state index in [1.165, 1.54) is 5.56 Å². The molecule has 1 aromatic heterocycles. The number of rotatable bonds is 6. The van der Waals surface area contributed by atoms with E-state index in [1.807, 2.05) is 11.4 Å². The van der Waals surface area contributed by atoms with Gasteiger partial charge in [0.15, 0.2) is 0 Å². The Bertz CT molecular complexity index is 666. The number of thiazole rings is 1. The number of nitrogens with one attached hydrogen (secondary N) is 1. The van der Waals surface area contributed by atoms with Gasteiger partial charge in [0.25, 0.3) is 0 Å². The van der Waals surface area contributed by atoms with Gasteiger partial charge in [-0.1, -0.05) is 30.3 Å². The molecule has 0 saturated carbocycles. The van der Waals surface area contributed by atoms with E-state index in [0.29, 0.717) is 32.6 Å². The number of hydrogen-bond acceptors (Lipinski definition) is 5. The van der Waals surface area contributed by atoms with Crippen LogP contribution in [0.5, 0.6) is 0 Å². The molecule has 0 spiro atoms. The third-order valence-electron chi connectivity index (χ3n) is 4.34. The first-order chi connectivity index (χ1) is 11.7. The lowest BCUT2D eigenvalue weighted by molar-refractivity contribution is -0.129. The molecular formula is C18H23N3O2S. The zero-order valence-electron chi connectivity index (χ0n) is 13.7. The van der Waals surface area contributed by atoms with Crippen molar-refractivity contribution in [2.45, 2.75) is 37.8 Å². The largest absolute Gasteiger partial charge is 0.381 e. The highest BCUT2D eigenvalue weighted by Gasteiger charge is 2.35. The lowest BCUT2D eigenvalue weighted by atomic mass is 9.90. The maximum absolute atomic E-state index is 12.3. The number of nitrogens with zero attached hydrogens (tertiary/aromatic N) is 1. The van der Waals surface area contributed by atoms with Crippen molar-refractivity contribution in [2.75, 3.05) is 13.2 Å². The normalized spacial score (nSPS) is 16.7. The van der Waals surface area contributed by atoms with Gasteiger partial charge in [0.05, 0.1) is 22.8 Å². The first-order valence-corrected chi connectivity index (χ1v) is 9.16. The molecule has 0 bridgehead atoms. The van der Waals surface area contributed by atoms with Gasteiger partial charge in [0.2, 0.25) is 5.91 Å². The number of hydrogen-bond donors (Lipinski definition) is 2. The molecule has 0 unspecified atom stereocenters. The smallest absolute Gasteiger partial charge is 0.240 e. The van der Waals surface area contributed by atoms with Gasteiger partial charge in [0.1, 0.15) is 0 Å². The van der Waals surface area contributed by atoms with Crippen molar-refractivity contribution in [3.05, 3.63) is 52.0 Å². The van der Waals surface area contributed by atoms with Gasteiger partial charge in [-0.15, -0.1) is 11.3 Å². The zero-order valence-corrected chi connectivity index (χ0v) is 14.5. The maximum Gasteiger partial charge on any atom is 0.240 e. The minimum absolute atomic E-state index is 0.107. The third-order valence-corrected chi connectivity index (χ3v) is 5.29. The molecule has 3 N–H and O–H groups in total. The van der Waals surface area contributed by atoms with E-state index < -0.39 is 5.54 Å². The fourth-order valence-corrected chi connectivity index (χ4v) is 3.55. The summed E-state index contributed by atoms with van der Waals surface area (Å²) in [5, 5.41) is 6.02. The Kier molecular flexibility index (Phi) is 5.60. The van der Waals surface area contributed by atoms with Crippen LogP contribution in [0, 0.1) is 0 Å². The van der Waals surface area contributed by atoms with Crippen molar-refractivity contribution in [3.63, 3.8) is 0 Å². The number of ether oxygens (including phenoxy) is 1. The SMILES string of the molecule is NC1(C(=O)NCc2csc(CCc3ccccc3)n2)CCOCC1. The average Bonchev–Trinajstić information content (AvgIpc) is 3.07. The van der Waals surface area contributed by atoms with Crippen molar-refractivity contribution in [2.24, 2.45) is 5.73 Å². The van der Waals surface area contributed by atoms with Crippen molar-refractivity contribution in [3.8, 4) is 0 Å². The van der Waals surface area contributed by atoms with Crippen LogP contribution >= 0.6 is 11.3 Å². The highest BCUT2D eigenvalue weighted by Crippen LogP contribution is 2.18. The van der Waals surface area contributed by atoms with Crippen LogP contribution in [0.4, 0.5) is 0 Å². The fourth-order valence-electron chi connectivity index (χ4n) is 2.75. The van der Waals surface area contributed by atoms with Crippen LogP contribution in [-0.4, -0.2) is 29.6 Å². The first kappa shape index (κ1) is 17.1. The molecular weight excluding hydrogens is 322 g/mol. The van der Waals surface area contributed by atoms with Crippen LogP contribution in [0.2, 0.25) is 0 Å². The van der Waals surface area contributed by atoms with Crippen LogP contribution in [0.25, 0.3) is 0 Å². The molecule has 0 aliphatic carbocycles. The van der Waals surface area contributed by atoms with E-state index in [0.717, 1.165) is 23.5 Å². The van der Waals surface area contributed by atoms with Gasteiger partial charge in [-0.3, -0.25) is 4.79 Å². The summed E-state index contributed by atoms with van der Waals surface area (Å²) in [5.41, 5.74) is 7.58. The summed E-state index contributed by atoms with van der Waals surface area (Å²) in [6, 6.07) is 10.4. The molecule has 5 nitrogen and oxygen atoms in total. The highest BCUT2D eigenvalue weighted by atomic mass is 32.1. The van der Waals surface area contributed by atoms with Gasteiger partial charge >= 0.3 is 0 Å². The molecule has 0 atom stereocenters. The van der Waals surface area contributed by atoms with Crippen LogP contribution in [0.15, 0.2) is 35.7 Å². The zero-order chi connectivity index (χ0) is 16.8. The number of benzene rings is 1. The minimum Gasteiger partial charge on any atom is -0.381 e. The molecule has 1 aromatic carbocycles. The summed E-state index contributed by atoms with van der Waals surface area (Å²) in [6.07, 6.45) is 3.03. The molecule has 1 aliphatic heterocycles. The minimum atomic E-state index is -0.801. The summed E-state index contributed by atoms with van der Waals surface area (Å²) in [4.78, 5) is 16.9. The molecule has 0 radical (unpaired) electrons. The molecule has 2 heterocycles. The van der Waals surface area contributed by atoms with E-state index in [9.17, 15) is 4.79 Å². The van der Waals surface area contributed by atoms with Crippen molar-refractivity contribution in [1.82, 2.24) is 10.3 Å². The van der Waals surface area contributed by atoms with Crippen LogP contribution in [-0.2, 0) is 28.9 Å². The Morgan fingerprint density at radius 2 is 2.00 bits per heavy atom.